The van der Waals surface area contributed by atoms with Crippen molar-refractivity contribution in [2.75, 3.05) is 38.7 Å². The van der Waals surface area contributed by atoms with Gasteiger partial charge in [0, 0.05) is 37.0 Å². The number of carbonyl (C=O) groups excluding carboxylic acids is 2. The van der Waals surface area contributed by atoms with Crippen LogP contribution in [0.15, 0.2) is 46.9 Å². The van der Waals surface area contributed by atoms with Gasteiger partial charge in [-0.2, -0.15) is 0 Å². The Bertz CT molecular complexity index is 848. The van der Waals surface area contributed by atoms with Gasteiger partial charge in [0.05, 0.1) is 11.1 Å². The molecular weight excluding hydrogens is 436 g/mol. The van der Waals surface area contributed by atoms with Gasteiger partial charge in [0.15, 0.2) is 0 Å². The van der Waals surface area contributed by atoms with E-state index in [1.54, 1.807) is 49.6 Å². The summed E-state index contributed by atoms with van der Waals surface area (Å²) >= 11 is 3.43. The first-order valence-electron chi connectivity index (χ1n) is 9.70. The zero-order chi connectivity index (χ0) is 20.6. The molecule has 0 aliphatic carbocycles. The first kappa shape index (κ1) is 21.3. The molecular formula is C22H25BrN2O4. The van der Waals surface area contributed by atoms with Crippen LogP contribution in [-0.4, -0.2) is 50.1 Å². The van der Waals surface area contributed by atoms with Gasteiger partial charge in [-0.3, -0.25) is 9.59 Å². The van der Waals surface area contributed by atoms with E-state index in [-0.39, 0.29) is 11.8 Å². The Hall–Kier alpha value is -2.38. The fourth-order valence-corrected chi connectivity index (χ4v) is 3.67. The van der Waals surface area contributed by atoms with Crippen LogP contribution in [-0.2, 0) is 4.74 Å². The van der Waals surface area contributed by atoms with Crippen LogP contribution in [0.25, 0.3) is 0 Å². The van der Waals surface area contributed by atoms with E-state index < -0.39 is 0 Å². The minimum absolute atomic E-state index is 0.0515. The first-order chi connectivity index (χ1) is 14.1. The van der Waals surface area contributed by atoms with Gasteiger partial charge in [-0.1, -0.05) is 0 Å². The number of piperidine rings is 1. The Balaban J connectivity index is 1.60. The molecule has 1 N–H and O–H groups in total. The van der Waals surface area contributed by atoms with Crippen LogP contribution in [0.3, 0.4) is 0 Å². The maximum atomic E-state index is 12.5. The predicted molar refractivity (Wildman–Crippen MR) is 116 cm³/mol. The SMILES string of the molecule is COCCOc1ccc(C(=O)Nc2ccc(C(=O)N3CCCCC3)cc2)cc1Br. The molecule has 0 saturated carbocycles. The highest BCUT2D eigenvalue weighted by Crippen LogP contribution is 2.26. The standard InChI is InChI=1S/C22H25BrN2O4/c1-28-13-14-29-20-10-7-17(15-19(20)23)21(26)24-18-8-5-16(6-9-18)22(27)25-11-3-2-4-12-25/h5-10,15H,2-4,11-14H2,1H3,(H,24,26). The largest absolute Gasteiger partial charge is 0.490 e. The van der Waals surface area contributed by atoms with E-state index in [0.717, 1.165) is 25.9 Å². The summed E-state index contributed by atoms with van der Waals surface area (Å²) in [5, 5.41) is 2.86. The zero-order valence-corrected chi connectivity index (χ0v) is 18.0. The molecule has 1 saturated heterocycles. The van der Waals surface area contributed by atoms with Gasteiger partial charge in [-0.05, 0) is 77.7 Å². The molecule has 0 bridgehead atoms. The molecule has 6 nitrogen and oxygen atoms in total. The third kappa shape index (κ3) is 5.81. The molecule has 7 heteroatoms. The molecule has 0 radical (unpaired) electrons. The lowest BCUT2D eigenvalue weighted by atomic mass is 10.1. The molecule has 1 fully saturated rings. The summed E-state index contributed by atoms with van der Waals surface area (Å²) in [4.78, 5) is 27.0. The summed E-state index contributed by atoms with van der Waals surface area (Å²) in [6.07, 6.45) is 3.31. The van der Waals surface area contributed by atoms with Crippen LogP contribution in [0.5, 0.6) is 5.75 Å². The predicted octanol–water partition coefficient (Wildman–Crippen LogP) is 4.35. The zero-order valence-electron chi connectivity index (χ0n) is 16.4. The molecule has 0 unspecified atom stereocenters. The number of hydrogen-bond acceptors (Lipinski definition) is 4. The lowest BCUT2D eigenvalue weighted by Gasteiger charge is -2.26. The smallest absolute Gasteiger partial charge is 0.255 e. The second-order valence-corrected chi connectivity index (χ2v) is 7.73. The summed E-state index contributed by atoms with van der Waals surface area (Å²) in [5.74, 6) is 0.471. The fourth-order valence-electron chi connectivity index (χ4n) is 3.17. The van der Waals surface area contributed by atoms with Crippen LogP contribution in [0.1, 0.15) is 40.0 Å². The van der Waals surface area contributed by atoms with E-state index in [1.807, 2.05) is 4.90 Å². The van der Waals surface area contributed by atoms with E-state index in [0.29, 0.717) is 40.3 Å². The van der Waals surface area contributed by atoms with E-state index in [9.17, 15) is 9.59 Å². The normalized spacial score (nSPS) is 13.8. The van der Waals surface area contributed by atoms with E-state index in [1.165, 1.54) is 6.42 Å². The van der Waals surface area contributed by atoms with E-state index in [4.69, 9.17) is 9.47 Å². The number of amides is 2. The lowest BCUT2D eigenvalue weighted by molar-refractivity contribution is 0.0724. The Labute approximate surface area is 179 Å². The van der Waals surface area contributed by atoms with Crippen molar-refractivity contribution in [3.63, 3.8) is 0 Å². The van der Waals surface area contributed by atoms with Gasteiger partial charge in [0.25, 0.3) is 11.8 Å². The molecule has 1 heterocycles. The highest BCUT2D eigenvalue weighted by molar-refractivity contribution is 9.10. The van der Waals surface area contributed by atoms with E-state index in [2.05, 4.69) is 21.2 Å². The van der Waals surface area contributed by atoms with Crippen LogP contribution >= 0.6 is 15.9 Å². The average molecular weight is 461 g/mol. The minimum atomic E-state index is -0.232. The molecule has 3 rings (SSSR count). The molecule has 1 aliphatic heterocycles. The van der Waals surface area contributed by atoms with Gasteiger partial charge in [0.1, 0.15) is 12.4 Å². The molecule has 2 aromatic carbocycles. The average Bonchev–Trinajstić information content (AvgIpc) is 2.75. The molecule has 2 amide bonds. The number of hydrogen-bond donors (Lipinski definition) is 1. The lowest BCUT2D eigenvalue weighted by Crippen LogP contribution is -2.35. The number of ether oxygens (including phenoxy) is 2. The number of methoxy groups -OCH3 is 1. The Morgan fingerprint density at radius 1 is 1.00 bits per heavy atom. The second-order valence-electron chi connectivity index (χ2n) is 6.87. The maximum absolute atomic E-state index is 12.5. The molecule has 0 spiro atoms. The van der Waals surface area contributed by atoms with Gasteiger partial charge < -0.3 is 19.7 Å². The van der Waals surface area contributed by atoms with Crippen molar-refractivity contribution in [1.82, 2.24) is 4.90 Å². The molecule has 0 aromatic heterocycles. The Morgan fingerprint density at radius 2 is 1.69 bits per heavy atom. The molecule has 154 valence electrons. The highest BCUT2D eigenvalue weighted by Gasteiger charge is 2.18. The molecule has 2 aromatic rings. The van der Waals surface area contributed by atoms with Crippen molar-refractivity contribution >= 4 is 33.4 Å². The van der Waals surface area contributed by atoms with Crippen LogP contribution < -0.4 is 10.1 Å². The van der Waals surface area contributed by atoms with Crippen molar-refractivity contribution in [2.24, 2.45) is 0 Å². The number of carbonyl (C=O) groups is 2. The van der Waals surface area contributed by atoms with Crippen LogP contribution in [0.4, 0.5) is 5.69 Å². The summed E-state index contributed by atoms with van der Waals surface area (Å²) < 4.78 is 11.2. The first-order valence-corrected chi connectivity index (χ1v) is 10.5. The van der Waals surface area contributed by atoms with Crippen molar-refractivity contribution < 1.29 is 19.1 Å². The summed E-state index contributed by atoms with van der Waals surface area (Å²) in [6, 6.07) is 12.2. The van der Waals surface area contributed by atoms with Crippen molar-refractivity contribution in [2.45, 2.75) is 19.3 Å². The van der Waals surface area contributed by atoms with Gasteiger partial charge in [-0.15, -0.1) is 0 Å². The van der Waals surface area contributed by atoms with Crippen LogP contribution in [0.2, 0.25) is 0 Å². The topological polar surface area (TPSA) is 67.9 Å². The second kappa shape index (κ2) is 10.4. The number of nitrogens with zero attached hydrogens (tertiary/aromatic N) is 1. The third-order valence-corrected chi connectivity index (χ3v) is 5.39. The summed E-state index contributed by atoms with van der Waals surface area (Å²) in [5.41, 5.74) is 1.79. The number of likely N-dealkylation sites (tertiary alicyclic amines) is 1. The number of nitrogens with one attached hydrogen (secondary N) is 1. The number of benzene rings is 2. The Kier molecular flexibility index (Phi) is 7.66. The molecule has 1 aliphatic rings. The Morgan fingerprint density at radius 3 is 2.34 bits per heavy atom. The number of anilines is 1. The van der Waals surface area contributed by atoms with Gasteiger partial charge in [-0.25, -0.2) is 0 Å². The van der Waals surface area contributed by atoms with Crippen molar-refractivity contribution in [3.8, 4) is 5.75 Å². The van der Waals surface area contributed by atoms with Gasteiger partial charge >= 0.3 is 0 Å². The molecule has 29 heavy (non-hydrogen) atoms. The third-order valence-electron chi connectivity index (χ3n) is 4.77. The van der Waals surface area contributed by atoms with E-state index >= 15 is 0 Å². The monoisotopic (exact) mass is 460 g/mol. The maximum Gasteiger partial charge on any atom is 0.255 e. The highest BCUT2D eigenvalue weighted by atomic mass is 79.9. The minimum Gasteiger partial charge on any atom is -0.490 e. The summed E-state index contributed by atoms with van der Waals surface area (Å²) in [6.45, 7) is 2.56. The van der Waals surface area contributed by atoms with Crippen molar-refractivity contribution in [3.05, 3.63) is 58.1 Å². The number of rotatable bonds is 7. The van der Waals surface area contributed by atoms with Crippen molar-refractivity contribution in [1.29, 1.82) is 0 Å². The fraction of sp³-hybridized carbons (Fsp3) is 0.364. The van der Waals surface area contributed by atoms with Crippen LogP contribution in [0, 0.1) is 0 Å². The number of halogens is 1. The van der Waals surface area contributed by atoms with Gasteiger partial charge in [0.2, 0.25) is 0 Å². The quantitative estimate of drug-likeness (QED) is 0.623. The molecule has 0 atom stereocenters. The summed E-state index contributed by atoms with van der Waals surface area (Å²) in [7, 11) is 1.61.